The summed E-state index contributed by atoms with van der Waals surface area (Å²) in [6.07, 6.45) is 4.68. The maximum Gasteiger partial charge on any atom is 0.0817 e. The summed E-state index contributed by atoms with van der Waals surface area (Å²) in [5.41, 5.74) is 4.03. The Balaban J connectivity index is 2.25. The van der Waals surface area contributed by atoms with Gasteiger partial charge in [-0.2, -0.15) is 0 Å². The smallest absolute Gasteiger partial charge is 0.0817 e. The summed E-state index contributed by atoms with van der Waals surface area (Å²) in [5, 5.41) is 8.62. The highest BCUT2D eigenvalue weighted by Gasteiger charge is 1.95. The van der Waals surface area contributed by atoms with Crippen LogP contribution in [-0.2, 0) is 0 Å². The highest BCUT2D eigenvalue weighted by molar-refractivity contribution is 7.16. The van der Waals surface area contributed by atoms with Crippen LogP contribution in [0.3, 0.4) is 0 Å². The second-order valence-corrected chi connectivity index (χ2v) is 3.88. The summed E-state index contributed by atoms with van der Waals surface area (Å²) in [6, 6.07) is 6.19. The highest BCUT2D eigenvalue weighted by Crippen LogP contribution is 2.19. The fourth-order valence-electron chi connectivity index (χ4n) is 1.27. The van der Waals surface area contributed by atoms with Crippen LogP contribution in [0.4, 0.5) is 0 Å². The molecular formula is C11H11NOS. The lowest BCUT2D eigenvalue weighted by atomic mass is 10.2. The lowest BCUT2D eigenvalue weighted by molar-refractivity contribution is 0.303. The van der Waals surface area contributed by atoms with Gasteiger partial charge in [0.15, 0.2) is 0 Å². The average Bonchev–Trinajstić information content (AvgIpc) is 2.65. The molecule has 1 N–H and O–H groups in total. The van der Waals surface area contributed by atoms with Gasteiger partial charge in [-0.05, 0) is 24.1 Å². The lowest BCUT2D eigenvalue weighted by Crippen LogP contribution is -1.76. The average molecular weight is 205 g/mol. The molecule has 0 amide bonds. The van der Waals surface area contributed by atoms with E-state index in [1.807, 2.05) is 17.7 Å². The molecule has 2 nitrogen and oxygen atoms in total. The summed E-state index contributed by atoms with van der Waals surface area (Å²) in [6.45, 7) is 0.204. The van der Waals surface area contributed by atoms with Gasteiger partial charge in [0.25, 0.3) is 0 Å². The Morgan fingerprint density at radius 3 is 3.21 bits per heavy atom. The van der Waals surface area contributed by atoms with Gasteiger partial charge in [0, 0.05) is 6.61 Å². The molecule has 14 heavy (non-hydrogen) atoms. The van der Waals surface area contributed by atoms with Crippen LogP contribution in [0.2, 0.25) is 0 Å². The third-order valence-corrected chi connectivity index (χ3v) is 2.77. The molecule has 1 heterocycles. The highest BCUT2D eigenvalue weighted by atomic mass is 32.1. The zero-order chi connectivity index (χ0) is 9.80. The van der Waals surface area contributed by atoms with Crippen LogP contribution in [0.15, 0.2) is 29.8 Å². The standard InChI is InChI=1S/C11H11NOS/c13-6-2-1-3-9-4-5-11-10(7-9)12-8-14-11/h1,3-5,7-8,13H,2,6H2. The van der Waals surface area contributed by atoms with E-state index in [1.165, 1.54) is 4.70 Å². The van der Waals surface area contributed by atoms with Crippen molar-refractivity contribution in [2.24, 2.45) is 0 Å². The van der Waals surface area contributed by atoms with E-state index >= 15 is 0 Å². The van der Waals surface area contributed by atoms with Crippen molar-refractivity contribution in [1.82, 2.24) is 4.98 Å². The summed E-state index contributed by atoms with van der Waals surface area (Å²) in [4.78, 5) is 4.24. The number of aliphatic hydroxyl groups is 1. The predicted octanol–water partition coefficient (Wildman–Crippen LogP) is 2.69. The molecule has 0 unspecified atom stereocenters. The van der Waals surface area contributed by atoms with Crippen molar-refractivity contribution in [3.63, 3.8) is 0 Å². The third kappa shape index (κ3) is 2.00. The molecule has 1 aromatic heterocycles. The van der Waals surface area contributed by atoms with Crippen molar-refractivity contribution in [1.29, 1.82) is 0 Å². The number of hydrogen-bond donors (Lipinski definition) is 1. The molecule has 0 atom stereocenters. The third-order valence-electron chi connectivity index (χ3n) is 1.96. The SMILES string of the molecule is OCCC=Cc1ccc2scnc2c1. The Labute approximate surface area is 86.5 Å². The van der Waals surface area contributed by atoms with Crippen LogP contribution in [0, 0.1) is 0 Å². The van der Waals surface area contributed by atoms with Crippen LogP contribution in [0.25, 0.3) is 16.3 Å². The van der Waals surface area contributed by atoms with Crippen molar-refractivity contribution < 1.29 is 5.11 Å². The maximum absolute atomic E-state index is 8.62. The molecule has 0 radical (unpaired) electrons. The molecular weight excluding hydrogens is 194 g/mol. The van der Waals surface area contributed by atoms with E-state index in [4.69, 9.17) is 5.11 Å². The van der Waals surface area contributed by atoms with Crippen molar-refractivity contribution in [3.8, 4) is 0 Å². The summed E-state index contributed by atoms with van der Waals surface area (Å²) in [7, 11) is 0. The molecule has 2 rings (SSSR count). The quantitative estimate of drug-likeness (QED) is 0.835. The Hall–Kier alpha value is -1.19. The number of hydrogen-bond acceptors (Lipinski definition) is 3. The summed E-state index contributed by atoms with van der Waals surface area (Å²) in [5.74, 6) is 0. The number of aromatic nitrogens is 1. The molecule has 0 saturated carbocycles. The number of rotatable bonds is 3. The first-order valence-corrected chi connectivity index (χ1v) is 5.39. The van der Waals surface area contributed by atoms with E-state index in [0.29, 0.717) is 6.42 Å². The minimum atomic E-state index is 0.204. The maximum atomic E-state index is 8.62. The number of nitrogens with zero attached hydrogens (tertiary/aromatic N) is 1. The molecule has 1 aromatic carbocycles. The summed E-state index contributed by atoms with van der Waals surface area (Å²) >= 11 is 1.65. The van der Waals surface area contributed by atoms with Crippen LogP contribution in [0.1, 0.15) is 12.0 Å². The van der Waals surface area contributed by atoms with E-state index in [-0.39, 0.29) is 6.61 Å². The fourth-order valence-corrected chi connectivity index (χ4v) is 1.93. The summed E-state index contributed by atoms with van der Waals surface area (Å²) < 4.78 is 1.21. The normalized spacial score (nSPS) is 11.5. The Morgan fingerprint density at radius 1 is 1.43 bits per heavy atom. The topological polar surface area (TPSA) is 33.1 Å². The van der Waals surface area contributed by atoms with Gasteiger partial charge in [-0.15, -0.1) is 11.3 Å². The molecule has 0 aliphatic rings. The number of benzene rings is 1. The molecule has 0 spiro atoms. The van der Waals surface area contributed by atoms with Crippen molar-refractivity contribution in [2.75, 3.05) is 6.61 Å². The van der Waals surface area contributed by atoms with E-state index < -0.39 is 0 Å². The monoisotopic (exact) mass is 205 g/mol. The molecule has 0 saturated heterocycles. The van der Waals surface area contributed by atoms with Crippen LogP contribution in [0.5, 0.6) is 0 Å². The van der Waals surface area contributed by atoms with Crippen LogP contribution < -0.4 is 0 Å². The minimum Gasteiger partial charge on any atom is -0.396 e. The first kappa shape index (κ1) is 9.37. The fraction of sp³-hybridized carbons (Fsp3) is 0.182. The van der Waals surface area contributed by atoms with E-state index in [0.717, 1.165) is 11.1 Å². The zero-order valence-electron chi connectivity index (χ0n) is 7.68. The van der Waals surface area contributed by atoms with Crippen molar-refractivity contribution >= 4 is 27.6 Å². The first-order chi connectivity index (χ1) is 6.90. The molecule has 3 heteroatoms. The molecule has 72 valence electrons. The van der Waals surface area contributed by atoms with Gasteiger partial charge in [0.2, 0.25) is 0 Å². The van der Waals surface area contributed by atoms with Gasteiger partial charge >= 0.3 is 0 Å². The van der Waals surface area contributed by atoms with Crippen molar-refractivity contribution in [3.05, 3.63) is 35.3 Å². The molecule has 0 aliphatic carbocycles. The number of fused-ring (bicyclic) bond motifs is 1. The van der Waals surface area contributed by atoms with Crippen LogP contribution in [-0.4, -0.2) is 16.7 Å². The number of thiazole rings is 1. The van der Waals surface area contributed by atoms with Crippen molar-refractivity contribution in [2.45, 2.75) is 6.42 Å². The van der Waals surface area contributed by atoms with Gasteiger partial charge in [-0.1, -0.05) is 18.2 Å². The molecule has 2 aromatic rings. The van der Waals surface area contributed by atoms with E-state index in [1.54, 1.807) is 11.3 Å². The minimum absolute atomic E-state index is 0.204. The van der Waals surface area contributed by atoms with E-state index in [9.17, 15) is 0 Å². The Kier molecular flexibility index (Phi) is 2.91. The first-order valence-electron chi connectivity index (χ1n) is 4.51. The molecule has 0 fully saturated rings. The zero-order valence-corrected chi connectivity index (χ0v) is 8.50. The Morgan fingerprint density at radius 2 is 2.36 bits per heavy atom. The second kappa shape index (κ2) is 4.35. The molecule has 0 bridgehead atoms. The number of aliphatic hydroxyl groups excluding tert-OH is 1. The predicted molar refractivity (Wildman–Crippen MR) is 60.4 cm³/mol. The van der Waals surface area contributed by atoms with Crippen LogP contribution >= 0.6 is 11.3 Å². The van der Waals surface area contributed by atoms with Gasteiger partial charge in [-0.25, -0.2) is 4.98 Å². The van der Waals surface area contributed by atoms with Gasteiger partial charge < -0.3 is 5.11 Å². The molecule has 0 aliphatic heterocycles. The van der Waals surface area contributed by atoms with Gasteiger partial charge in [-0.3, -0.25) is 0 Å². The second-order valence-electron chi connectivity index (χ2n) is 2.99. The van der Waals surface area contributed by atoms with Gasteiger partial charge in [0.05, 0.1) is 15.7 Å². The largest absolute Gasteiger partial charge is 0.396 e. The van der Waals surface area contributed by atoms with E-state index in [2.05, 4.69) is 23.2 Å². The lowest BCUT2D eigenvalue weighted by Gasteiger charge is -1.92. The van der Waals surface area contributed by atoms with Gasteiger partial charge in [0.1, 0.15) is 0 Å². The Bertz CT molecular complexity index is 447.